The van der Waals surface area contributed by atoms with Crippen molar-refractivity contribution in [2.75, 3.05) is 31.3 Å². The second-order valence-corrected chi connectivity index (χ2v) is 3.23. The highest BCUT2D eigenvalue weighted by Crippen LogP contribution is 2.22. The van der Waals surface area contributed by atoms with Crippen molar-refractivity contribution in [2.24, 2.45) is 0 Å². The molecule has 1 rings (SSSR count). The lowest BCUT2D eigenvalue weighted by Gasteiger charge is -2.19. The van der Waals surface area contributed by atoms with Crippen molar-refractivity contribution in [1.29, 1.82) is 0 Å². The van der Waals surface area contributed by atoms with Crippen LogP contribution >= 0.6 is 0 Å². The SMILES string of the molecule is CNC(=O)CN(C)c1ccc(F)cc1N. The van der Waals surface area contributed by atoms with Crippen molar-refractivity contribution in [1.82, 2.24) is 5.32 Å². The Kier molecular flexibility index (Phi) is 3.49. The summed E-state index contributed by atoms with van der Waals surface area (Å²) in [5.74, 6) is -0.509. The molecule has 1 amide bonds. The Morgan fingerprint density at radius 3 is 2.80 bits per heavy atom. The number of likely N-dealkylation sites (N-methyl/N-ethyl adjacent to an activating group) is 2. The van der Waals surface area contributed by atoms with Crippen molar-refractivity contribution >= 4 is 17.3 Å². The van der Waals surface area contributed by atoms with E-state index < -0.39 is 0 Å². The average molecular weight is 211 g/mol. The van der Waals surface area contributed by atoms with Gasteiger partial charge in [-0.25, -0.2) is 4.39 Å². The molecule has 0 saturated heterocycles. The van der Waals surface area contributed by atoms with E-state index >= 15 is 0 Å². The van der Waals surface area contributed by atoms with Crippen LogP contribution in [0.5, 0.6) is 0 Å². The van der Waals surface area contributed by atoms with Gasteiger partial charge in [-0.3, -0.25) is 4.79 Å². The minimum atomic E-state index is -0.385. The molecule has 3 N–H and O–H groups in total. The van der Waals surface area contributed by atoms with E-state index in [1.165, 1.54) is 12.1 Å². The first-order chi connectivity index (χ1) is 7.04. The molecule has 4 nitrogen and oxygen atoms in total. The van der Waals surface area contributed by atoms with E-state index in [0.717, 1.165) is 0 Å². The van der Waals surface area contributed by atoms with Gasteiger partial charge < -0.3 is 16.0 Å². The van der Waals surface area contributed by atoms with E-state index in [1.807, 2.05) is 0 Å². The van der Waals surface area contributed by atoms with Crippen molar-refractivity contribution in [3.8, 4) is 0 Å². The van der Waals surface area contributed by atoms with Gasteiger partial charge in [-0.15, -0.1) is 0 Å². The van der Waals surface area contributed by atoms with Gasteiger partial charge in [0.25, 0.3) is 0 Å². The van der Waals surface area contributed by atoms with Crippen molar-refractivity contribution < 1.29 is 9.18 Å². The minimum Gasteiger partial charge on any atom is -0.397 e. The molecule has 15 heavy (non-hydrogen) atoms. The Hall–Kier alpha value is -1.78. The Morgan fingerprint density at radius 2 is 2.27 bits per heavy atom. The summed E-state index contributed by atoms with van der Waals surface area (Å²) in [4.78, 5) is 12.8. The lowest BCUT2D eigenvalue weighted by Crippen LogP contribution is -2.33. The smallest absolute Gasteiger partial charge is 0.239 e. The molecule has 0 bridgehead atoms. The summed E-state index contributed by atoms with van der Waals surface area (Å²) < 4.78 is 12.8. The van der Waals surface area contributed by atoms with Crippen LogP contribution in [0.15, 0.2) is 18.2 Å². The van der Waals surface area contributed by atoms with E-state index in [4.69, 9.17) is 5.73 Å². The predicted octanol–water partition coefficient (Wildman–Crippen LogP) is 0.590. The molecule has 0 aliphatic carbocycles. The summed E-state index contributed by atoms with van der Waals surface area (Å²) in [5, 5.41) is 2.50. The number of rotatable bonds is 3. The van der Waals surface area contributed by atoms with Gasteiger partial charge >= 0.3 is 0 Å². The maximum atomic E-state index is 12.8. The summed E-state index contributed by atoms with van der Waals surface area (Å²) in [6.45, 7) is 0.187. The molecular formula is C10H14FN3O. The van der Waals surface area contributed by atoms with Crippen LogP contribution in [-0.4, -0.2) is 26.5 Å². The third-order valence-electron chi connectivity index (χ3n) is 2.06. The maximum Gasteiger partial charge on any atom is 0.239 e. The van der Waals surface area contributed by atoms with E-state index in [2.05, 4.69) is 5.32 Å². The Balaban J connectivity index is 2.82. The molecule has 0 aromatic heterocycles. The lowest BCUT2D eigenvalue weighted by atomic mass is 10.2. The minimum absolute atomic E-state index is 0.124. The molecule has 0 aliphatic heterocycles. The van der Waals surface area contributed by atoms with Gasteiger partial charge in [0.05, 0.1) is 17.9 Å². The van der Waals surface area contributed by atoms with Crippen molar-refractivity contribution in [3.63, 3.8) is 0 Å². The number of amides is 1. The molecule has 1 aromatic rings. The molecule has 0 radical (unpaired) electrons. The summed E-state index contributed by atoms with van der Waals surface area (Å²) in [5.41, 5.74) is 6.59. The van der Waals surface area contributed by atoms with E-state index in [9.17, 15) is 9.18 Å². The number of carbonyl (C=O) groups excluding carboxylic acids is 1. The fourth-order valence-corrected chi connectivity index (χ4v) is 1.25. The van der Waals surface area contributed by atoms with Crippen LogP contribution in [0.1, 0.15) is 0 Å². The first kappa shape index (κ1) is 11.3. The molecule has 5 heteroatoms. The standard InChI is InChI=1S/C10H14FN3O/c1-13-10(15)6-14(2)9-4-3-7(11)5-8(9)12/h3-5H,6,12H2,1-2H3,(H,13,15). The van der Waals surface area contributed by atoms with Crippen LogP contribution < -0.4 is 16.0 Å². The van der Waals surface area contributed by atoms with Crippen LogP contribution in [0.4, 0.5) is 15.8 Å². The third-order valence-corrected chi connectivity index (χ3v) is 2.06. The average Bonchev–Trinajstić information content (AvgIpc) is 2.17. The first-order valence-electron chi connectivity index (χ1n) is 4.51. The number of nitrogen functional groups attached to an aromatic ring is 1. The number of benzene rings is 1. The molecule has 0 heterocycles. The Morgan fingerprint density at radius 1 is 1.60 bits per heavy atom. The molecule has 0 fully saturated rings. The van der Waals surface area contributed by atoms with E-state index in [0.29, 0.717) is 11.4 Å². The maximum absolute atomic E-state index is 12.8. The van der Waals surface area contributed by atoms with E-state index in [1.54, 1.807) is 25.1 Å². The fourth-order valence-electron chi connectivity index (χ4n) is 1.25. The second kappa shape index (κ2) is 4.63. The van der Waals surface area contributed by atoms with Crippen molar-refractivity contribution in [3.05, 3.63) is 24.0 Å². The number of hydrogen-bond donors (Lipinski definition) is 2. The van der Waals surface area contributed by atoms with Crippen LogP contribution in [0, 0.1) is 5.82 Å². The molecule has 82 valence electrons. The van der Waals surface area contributed by atoms with Gasteiger partial charge in [0.2, 0.25) is 5.91 Å². The van der Waals surface area contributed by atoms with Gasteiger partial charge in [-0.1, -0.05) is 0 Å². The van der Waals surface area contributed by atoms with Crippen LogP contribution in [0.25, 0.3) is 0 Å². The number of carbonyl (C=O) groups is 1. The molecule has 0 aliphatic rings. The molecule has 1 aromatic carbocycles. The highest BCUT2D eigenvalue weighted by atomic mass is 19.1. The lowest BCUT2D eigenvalue weighted by molar-refractivity contribution is -0.119. The second-order valence-electron chi connectivity index (χ2n) is 3.23. The number of nitrogens with two attached hydrogens (primary N) is 1. The Bertz CT molecular complexity index is 368. The van der Waals surface area contributed by atoms with E-state index in [-0.39, 0.29) is 18.3 Å². The highest BCUT2D eigenvalue weighted by Gasteiger charge is 2.09. The number of anilines is 2. The quantitative estimate of drug-likeness (QED) is 0.719. The monoisotopic (exact) mass is 211 g/mol. The first-order valence-corrected chi connectivity index (χ1v) is 4.51. The molecule has 0 spiro atoms. The molecular weight excluding hydrogens is 197 g/mol. The highest BCUT2D eigenvalue weighted by molar-refractivity contribution is 5.82. The zero-order valence-corrected chi connectivity index (χ0v) is 8.75. The zero-order chi connectivity index (χ0) is 11.4. The number of halogens is 1. The predicted molar refractivity (Wildman–Crippen MR) is 58.1 cm³/mol. The fraction of sp³-hybridized carbons (Fsp3) is 0.300. The number of nitrogens with one attached hydrogen (secondary N) is 1. The topological polar surface area (TPSA) is 58.4 Å². The summed E-state index contributed by atoms with van der Waals surface area (Å²) in [6.07, 6.45) is 0. The van der Waals surface area contributed by atoms with Gasteiger partial charge in [0, 0.05) is 14.1 Å². The molecule has 0 unspecified atom stereocenters. The normalized spacial score (nSPS) is 9.80. The van der Waals surface area contributed by atoms with Gasteiger partial charge in [0.1, 0.15) is 5.82 Å². The van der Waals surface area contributed by atoms with Crippen LogP contribution in [0.2, 0.25) is 0 Å². The largest absolute Gasteiger partial charge is 0.397 e. The van der Waals surface area contributed by atoms with Crippen molar-refractivity contribution in [2.45, 2.75) is 0 Å². The third kappa shape index (κ3) is 2.83. The molecule has 0 saturated carbocycles. The van der Waals surface area contributed by atoms with Gasteiger partial charge in [0.15, 0.2) is 0 Å². The van der Waals surface area contributed by atoms with Crippen LogP contribution in [0.3, 0.4) is 0 Å². The van der Waals surface area contributed by atoms with Gasteiger partial charge in [-0.05, 0) is 18.2 Å². The molecule has 0 atom stereocenters. The number of nitrogens with zero attached hydrogens (tertiary/aromatic N) is 1. The van der Waals surface area contributed by atoms with Crippen LogP contribution in [-0.2, 0) is 4.79 Å². The summed E-state index contributed by atoms with van der Waals surface area (Å²) in [7, 11) is 3.28. The Labute approximate surface area is 87.9 Å². The zero-order valence-electron chi connectivity index (χ0n) is 8.75. The summed E-state index contributed by atoms with van der Waals surface area (Å²) in [6, 6.07) is 4.09. The van der Waals surface area contributed by atoms with Gasteiger partial charge in [-0.2, -0.15) is 0 Å². The number of hydrogen-bond acceptors (Lipinski definition) is 3. The summed E-state index contributed by atoms with van der Waals surface area (Å²) >= 11 is 0.